The predicted molar refractivity (Wildman–Crippen MR) is 127 cm³/mol. The smallest absolute Gasteiger partial charge is 0.262 e. The van der Waals surface area contributed by atoms with Crippen LogP contribution < -0.4 is 9.46 Å². The molecule has 2 heterocycles. The Morgan fingerprint density at radius 3 is 2.27 bits per heavy atom. The van der Waals surface area contributed by atoms with Gasteiger partial charge in [0.2, 0.25) is 5.88 Å². The highest BCUT2D eigenvalue weighted by Crippen LogP contribution is 2.25. The summed E-state index contributed by atoms with van der Waals surface area (Å²) in [7, 11) is -3.70. The Bertz CT molecular complexity index is 1430. The van der Waals surface area contributed by atoms with E-state index in [1.165, 1.54) is 0 Å². The zero-order valence-electron chi connectivity index (χ0n) is 19.1. The van der Waals surface area contributed by atoms with Crippen molar-refractivity contribution in [2.45, 2.75) is 39.5 Å². The Balaban J connectivity index is 1.54. The molecule has 0 atom stereocenters. The van der Waals surface area contributed by atoms with Gasteiger partial charge in [-0.3, -0.25) is 4.72 Å². The van der Waals surface area contributed by atoms with Crippen LogP contribution in [0.3, 0.4) is 0 Å². The quantitative estimate of drug-likeness (QED) is 0.441. The first-order valence-electron chi connectivity index (χ1n) is 10.4. The number of benzene rings is 2. The molecule has 0 saturated carbocycles. The number of hydrogen-bond acceptors (Lipinski definition) is 6. The van der Waals surface area contributed by atoms with Crippen molar-refractivity contribution in [1.82, 2.24) is 19.7 Å². The Hall–Kier alpha value is -3.72. The highest BCUT2D eigenvalue weighted by Gasteiger charge is 2.17. The maximum Gasteiger partial charge on any atom is 0.262 e. The van der Waals surface area contributed by atoms with Crippen molar-refractivity contribution >= 4 is 15.7 Å². The van der Waals surface area contributed by atoms with Crippen molar-refractivity contribution in [3.63, 3.8) is 0 Å². The fraction of sp³-hybridized carbons (Fsp3) is 0.208. The second kappa shape index (κ2) is 8.67. The lowest BCUT2D eigenvalue weighted by Crippen LogP contribution is -2.14. The molecule has 0 unspecified atom stereocenters. The number of rotatable bonds is 6. The number of anilines is 1. The molecule has 4 aromatic rings. The Kier molecular flexibility index (Phi) is 5.90. The minimum absolute atomic E-state index is 0.260. The lowest BCUT2D eigenvalue weighted by Gasteiger charge is -2.12. The van der Waals surface area contributed by atoms with E-state index in [1.807, 2.05) is 32.9 Å². The van der Waals surface area contributed by atoms with Gasteiger partial charge in [-0.2, -0.15) is 10.1 Å². The Labute approximate surface area is 193 Å². The van der Waals surface area contributed by atoms with Gasteiger partial charge in [-0.25, -0.2) is 18.1 Å². The van der Waals surface area contributed by atoms with Crippen LogP contribution in [-0.2, 0) is 10.0 Å². The van der Waals surface area contributed by atoms with Crippen molar-refractivity contribution in [1.29, 1.82) is 0 Å². The molecular weight excluding hydrogens is 438 g/mol. The van der Waals surface area contributed by atoms with Crippen molar-refractivity contribution < 1.29 is 13.2 Å². The molecule has 0 saturated heterocycles. The molecule has 170 valence electrons. The van der Waals surface area contributed by atoms with E-state index in [0.717, 1.165) is 17.0 Å². The first-order chi connectivity index (χ1) is 15.6. The van der Waals surface area contributed by atoms with Crippen LogP contribution in [0.1, 0.15) is 28.3 Å². The minimum atomic E-state index is -3.70. The SMILES string of the molecule is Cc1ccc(C)c(S(=O)(=O)Nc2ccc(Oc3cc(-n4nc(C)cc4C)nc(C)n3)cc2)c1. The molecule has 33 heavy (non-hydrogen) atoms. The van der Waals surface area contributed by atoms with Crippen LogP contribution in [0.2, 0.25) is 0 Å². The summed E-state index contributed by atoms with van der Waals surface area (Å²) in [6.07, 6.45) is 0. The minimum Gasteiger partial charge on any atom is -0.439 e. The molecule has 2 aromatic carbocycles. The number of hydrogen-bond donors (Lipinski definition) is 1. The summed E-state index contributed by atoms with van der Waals surface area (Å²) in [5, 5.41) is 4.46. The third-order valence-corrected chi connectivity index (χ3v) is 6.51. The van der Waals surface area contributed by atoms with E-state index < -0.39 is 10.0 Å². The molecule has 4 rings (SSSR count). The van der Waals surface area contributed by atoms with Crippen LogP contribution >= 0.6 is 0 Å². The third-order valence-electron chi connectivity index (χ3n) is 4.99. The van der Waals surface area contributed by atoms with E-state index >= 15 is 0 Å². The van der Waals surface area contributed by atoms with E-state index in [4.69, 9.17) is 4.74 Å². The molecule has 8 nitrogen and oxygen atoms in total. The maximum absolute atomic E-state index is 12.8. The molecule has 0 aliphatic rings. The van der Waals surface area contributed by atoms with Crippen molar-refractivity contribution in [3.8, 4) is 17.4 Å². The molecule has 0 aliphatic heterocycles. The van der Waals surface area contributed by atoms with E-state index in [1.54, 1.807) is 61.0 Å². The molecule has 0 amide bonds. The van der Waals surface area contributed by atoms with E-state index in [0.29, 0.717) is 34.5 Å². The molecule has 0 fully saturated rings. The molecule has 0 spiro atoms. The number of ether oxygens (including phenoxy) is 1. The first kappa shape index (κ1) is 22.5. The average molecular weight is 464 g/mol. The zero-order chi connectivity index (χ0) is 23.8. The lowest BCUT2D eigenvalue weighted by molar-refractivity contribution is 0.459. The summed E-state index contributed by atoms with van der Waals surface area (Å²) in [5.74, 6) is 2.05. The number of nitrogens with one attached hydrogen (secondary N) is 1. The highest BCUT2D eigenvalue weighted by atomic mass is 32.2. The number of aromatic nitrogens is 4. The number of sulfonamides is 1. The van der Waals surface area contributed by atoms with E-state index in [-0.39, 0.29) is 4.90 Å². The number of nitrogens with zero attached hydrogens (tertiary/aromatic N) is 4. The summed E-state index contributed by atoms with van der Waals surface area (Å²) in [5.41, 5.74) is 3.85. The van der Waals surface area contributed by atoms with E-state index in [9.17, 15) is 8.42 Å². The maximum atomic E-state index is 12.8. The van der Waals surface area contributed by atoms with Crippen molar-refractivity contribution in [2.75, 3.05) is 4.72 Å². The summed E-state index contributed by atoms with van der Waals surface area (Å²) >= 11 is 0. The largest absolute Gasteiger partial charge is 0.439 e. The van der Waals surface area contributed by atoms with Crippen molar-refractivity contribution in [3.05, 3.63) is 82.9 Å². The zero-order valence-corrected chi connectivity index (χ0v) is 19.9. The average Bonchev–Trinajstić information content (AvgIpc) is 3.08. The van der Waals surface area contributed by atoms with Gasteiger partial charge in [0.15, 0.2) is 5.82 Å². The second-order valence-electron chi connectivity index (χ2n) is 7.95. The number of aryl methyl sites for hydroxylation is 5. The fourth-order valence-corrected chi connectivity index (χ4v) is 4.85. The molecule has 1 N–H and O–H groups in total. The van der Waals surface area contributed by atoms with Gasteiger partial charge in [0.25, 0.3) is 10.0 Å². The van der Waals surface area contributed by atoms with Crippen LogP contribution in [0.5, 0.6) is 11.6 Å². The highest BCUT2D eigenvalue weighted by molar-refractivity contribution is 7.92. The van der Waals surface area contributed by atoms with E-state index in [2.05, 4.69) is 19.8 Å². The topological polar surface area (TPSA) is 99.0 Å². The Morgan fingerprint density at radius 1 is 0.879 bits per heavy atom. The molecule has 2 aromatic heterocycles. The van der Waals surface area contributed by atoms with Gasteiger partial charge < -0.3 is 4.74 Å². The van der Waals surface area contributed by atoms with Crippen LogP contribution in [-0.4, -0.2) is 28.2 Å². The molecule has 0 aliphatic carbocycles. The standard InChI is InChI=1S/C24H25N5O3S/c1-15-6-7-16(2)22(12-15)33(30,31)28-20-8-10-21(11-9-20)32-24-14-23(25-19(5)26-24)29-18(4)13-17(3)27-29/h6-14,28H,1-5H3. The van der Waals surface area contributed by atoms with Gasteiger partial charge in [0, 0.05) is 17.4 Å². The molecule has 0 bridgehead atoms. The summed E-state index contributed by atoms with van der Waals surface area (Å²) in [6.45, 7) is 9.29. The molecular formula is C24H25N5O3S. The van der Waals surface area contributed by atoms with Gasteiger partial charge >= 0.3 is 0 Å². The van der Waals surface area contributed by atoms with Gasteiger partial charge in [-0.15, -0.1) is 0 Å². The Morgan fingerprint density at radius 2 is 1.61 bits per heavy atom. The van der Waals surface area contributed by atoms with Gasteiger partial charge in [0.05, 0.1) is 10.6 Å². The summed E-state index contributed by atoms with van der Waals surface area (Å²) in [6, 6.07) is 15.7. The summed E-state index contributed by atoms with van der Waals surface area (Å²) < 4.78 is 35.9. The van der Waals surface area contributed by atoms with Crippen LogP contribution in [0, 0.1) is 34.6 Å². The summed E-state index contributed by atoms with van der Waals surface area (Å²) in [4.78, 5) is 9.05. The van der Waals surface area contributed by atoms with Gasteiger partial charge in [-0.1, -0.05) is 12.1 Å². The van der Waals surface area contributed by atoms with Gasteiger partial charge in [-0.05, 0) is 82.1 Å². The van der Waals surface area contributed by atoms with Crippen molar-refractivity contribution in [2.24, 2.45) is 0 Å². The lowest BCUT2D eigenvalue weighted by atomic mass is 10.2. The monoisotopic (exact) mass is 463 g/mol. The fourth-order valence-electron chi connectivity index (χ4n) is 3.47. The third kappa shape index (κ3) is 5.04. The van der Waals surface area contributed by atoms with Crippen LogP contribution in [0.4, 0.5) is 5.69 Å². The normalized spacial score (nSPS) is 11.4. The van der Waals surface area contributed by atoms with Gasteiger partial charge in [0.1, 0.15) is 11.6 Å². The molecule has 0 radical (unpaired) electrons. The molecule has 9 heteroatoms. The second-order valence-corrected chi connectivity index (χ2v) is 9.60. The first-order valence-corrected chi connectivity index (χ1v) is 11.9. The van der Waals surface area contributed by atoms with Crippen LogP contribution in [0.15, 0.2) is 59.5 Å². The predicted octanol–water partition coefficient (Wildman–Crippen LogP) is 4.80. The van der Waals surface area contributed by atoms with Crippen LogP contribution in [0.25, 0.3) is 5.82 Å².